The normalized spacial score (nSPS) is 11.3. The van der Waals surface area contributed by atoms with Gasteiger partial charge >= 0.3 is 0 Å². The number of nitrogens with zero attached hydrogens (tertiary/aromatic N) is 2. The van der Waals surface area contributed by atoms with Crippen LogP contribution in [0.15, 0.2) is 63.4 Å². The van der Waals surface area contributed by atoms with Gasteiger partial charge in [-0.05, 0) is 42.3 Å². The van der Waals surface area contributed by atoms with Gasteiger partial charge in [-0.1, -0.05) is 36.0 Å². The van der Waals surface area contributed by atoms with E-state index < -0.39 is 10.0 Å². The molecule has 0 radical (unpaired) electrons. The van der Waals surface area contributed by atoms with Crippen molar-refractivity contribution in [2.24, 2.45) is 5.14 Å². The summed E-state index contributed by atoms with van der Waals surface area (Å²) in [7, 11) is -3.79. The summed E-state index contributed by atoms with van der Waals surface area (Å²) in [4.78, 5) is 26.9. The molecule has 1 aromatic heterocycles. The molecule has 0 aliphatic carbocycles. The van der Waals surface area contributed by atoms with Crippen LogP contribution in [0.4, 0.5) is 5.69 Å². The summed E-state index contributed by atoms with van der Waals surface area (Å²) in [5.41, 5.74) is 2.42. The van der Waals surface area contributed by atoms with Gasteiger partial charge in [-0.15, -0.1) is 10.2 Å². The van der Waals surface area contributed by atoms with Crippen LogP contribution in [0.25, 0.3) is 0 Å². The van der Waals surface area contributed by atoms with E-state index in [0.717, 1.165) is 22.9 Å². The lowest BCUT2D eigenvalue weighted by atomic mass is 10.0. The molecule has 0 saturated heterocycles. The molecule has 2 aromatic carbocycles. The fourth-order valence-corrected chi connectivity index (χ4v) is 3.69. The van der Waals surface area contributed by atoms with Crippen LogP contribution in [0.1, 0.15) is 16.8 Å². The number of rotatable bonds is 7. The number of sulfonamides is 1. The SMILES string of the molecule is Cc1ccccc1Cc1nnc(SCC(=O)Nc2ccc(S(N)(=O)=O)cc2)[nH]c1=O. The standard InChI is InChI=1S/C19H19N5O4S2/c1-12-4-2-3-5-13(12)10-16-18(26)22-19(24-23-16)29-11-17(25)21-14-6-8-15(9-7-14)30(20,27)28/h2-9H,10-11H2,1H3,(H,21,25)(H2,20,27,28)(H,22,24,26). The zero-order chi connectivity index (χ0) is 21.7. The Hall–Kier alpha value is -3.02. The Morgan fingerprint density at radius 2 is 1.83 bits per heavy atom. The molecule has 1 heterocycles. The molecule has 9 nitrogen and oxygen atoms in total. The molecule has 0 aliphatic rings. The van der Waals surface area contributed by atoms with E-state index in [2.05, 4.69) is 20.5 Å². The number of nitrogens with two attached hydrogens (primary N) is 1. The molecule has 156 valence electrons. The van der Waals surface area contributed by atoms with Crippen LogP contribution in [0.3, 0.4) is 0 Å². The molecule has 0 saturated carbocycles. The zero-order valence-corrected chi connectivity index (χ0v) is 17.6. The van der Waals surface area contributed by atoms with E-state index in [4.69, 9.17) is 5.14 Å². The fourth-order valence-electron chi connectivity index (χ4n) is 2.57. The number of amides is 1. The molecule has 3 aromatic rings. The van der Waals surface area contributed by atoms with Crippen LogP contribution in [-0.2, 0) is 21.2 Å². The van der Waals surface area contributed by atoms with Gasteiger partial charge in [-0.3, -0.25) is 14.6 Å². The molecule has 1 amide bonds. The summed E-state index contributed by atoms with van der Waals surface area (Å²) in [6.45, 7) is 1.96. The van der Waals surface area contributed by atoms with Gasteiger partial charge in [-0.25, -0.2) is 13.6 Å². The number of carbonyl (C=O) groups excluding carboxylic acids is 1. The summed E-state index contributed by atoms with van der Waals surface area (Å²) < 4.78 is 22.5. The van der Waals surface area contributed by atoms with E-state index in [1.807, 2.05) is 31.2 Å². The summed E-state index contributed by atoms with van der Waals surface area (Å²) >= 11 is 1.03. The fraction of sp³-hybridized carbons (Fsp3) is 0.158. The van der Waals surface area contributed by atoms with Crippen LogP contribution in [0.5, 0.6) is 0 Å². The molecule has 0 bridgehead atoms. The van der Waals surface area contributed by atoms with Crippen molar-refractivity contribution in [2.75, 3.05) is 11.1 Å². The first kappa shape index (κ1) is 21.7. The summed E-state index contributed by atoms with van der Waals surface area (Å²) in [5.74, 6) is -0.367. The molecular formula is C19H19N5O4S2. The van der Waals surface area contributed by atoms with Crippen LogP contribution in [0.2, 0.25) is 0 Å². The number of hydrogen-bond acceptors (Lipinski definition) is 7. The number of thioether (sulfide) groups is 1. The lowest BCUT2D eigenvalue weighted by Crippen LogP contribution is -2.19. The van der Waals surface area contributed by atoms with E-state index in [-0.39, 0.29) is 27.3 Å². The van der Waals surface area contributed by atoms with Crippen molar-refractivity contribution < 1.29 is 13.2 Å². The topological polar surface area (TPSA) is 148 Å². The lowest BCUT2D eigenvalue weighted by Gasteiger charge is -2.06. The Balaban J connectivity index is 1.58. The quantitative estimate of drug-likeness (QED) is 0.466. The highest BCUT2D eigenvalue weighted by atomic mass is 32.2. The van der Waals surface area contributed by atoms with Gasteiger partial charge in [-0.2, -0.15) is 0 Å². The Morgan fingerprint density at radius 1 is 1.13 bits per heavy atom. The van der Waals surface area contributed by atoms with Gasteiger partial charge in [0.1, 0.15) is 5.69 Å². The van der Waals surface area contributed by atoms with Crippen molar-refractivity contribution in [3.8, 4) is 0 Å². The van der Waals surface area contributed by atoms with Crippen molar-refractivity contribution in [1.82, 2.24) is 15.2 Å². The molecule has 11 heteroatoms. The van der Waals surface area contributed by atoms with Crippen LogP contribution in [-0.4, -0.2) is 35.3 Å². The number of aromatic nitrogens is 3. The van der Waals surface area contributed by atoms with E-state index in [9.17, 15) is 18.0 Å². The molecule has 0 fully saturated rings. The molecule has 30 heavy (non-hydrogen) atoms. The molecular weight excluding hydrogens is 426 g/mol. The predicted molar refractivity (Wildman–Crippen MR) is 114 cm³/mol. The molecule has 4 N–H and O–H groups in total. The monoisotopic (exact) mass is 445 g/mol. The maximum absolute atomic E-state index is 12.3. The minimum Gasteiger partial charge on any atom is -0.325 e. The summed E-state index contributed by atoms with van der Waals surface area (Å²) in [6, 6.07) is 13.2. The predicted octanol–water partition coefficient (Wildman–Crippen LogP) is 1.44. The second kappa shape index (κ2) is 9.20. The highest BCUT2D eigenvalue weighted by molar-refractivity contribution is 7.99. The van der Waals surface area contributed by atoms with E-state index in [1.54, 1.807) is 0 Å². The third-order valence-corrected chi connectivity index (χ3v) is 5.96. The number of aryl methyl sites for hydroxylation is 1. The Labute approximate surface area is 177 Å². The second-order valence-corrected chi connectivity index (χ2v) is 8.94. The number of nitrogens with one attached hydrogen (secondary N) is 2. The van der Waals surface area contributed by atoms with E-state index in [0.29, 0.717) is 17.8 Å². The largest absolute Gasteiger partial charge is 0.325 e. The second-order valence-electron chi connectivity index (χ2n) is 6.42. The number of carbonyl (C=O) groups is 1. The first-order valence-electron chi connectivity index (χ1n) is 8.78. The number of benzene rings is 2. The van der Waals surface area contributed by atoms with Gasteiger partial charge in [0.05, 0.1) is 10.6 Å². The first-order valence-corrected chi connectivity index (χ1v) is 11.3. The molecule has 3 rings (SSSR count). The van der Waals surface area contributed by atoms with Gasteiger partial charge in [0.15, 0.2) is 5.16 Å². The van der Waals surface area contributed by atoms with E-state index >= 15 is 0 Å². The van der Waals surface area contributed by atoms with Crippen molar-refractivity contribution in [3.05, 3.63) is 75.7 Å². The van der Waals surface area contributed by atoms with Gasteiger partial charge in [0.2, 0.25) is 15.9 Å². The van der Waals surface area contributed by atoms with Crippen molar-refractivity contribution in [2.45, 2.75) is 23.4 Å². The van der Waals surface area contributed by atoms with Crippen LogP contribution in [0, 0.1) is 6.92 Å². The van der Waals surface area contributed by atoms with Crippen LogP contribution >= 0.6 is 11.8 Å². The van der Waals surface area contributed by atoms with Gasteiger partial charge < -0.3 is 5.32 Å². The van der Waals surface area contributed by atoms with Crippen molar-refractivity contribution in [1.29, 1.82) is 0 Å². The third-order valence-electron chi connectivity index (χ3n) is 4.17. The maximum atomic E-state index is 12.3. The highest BCUT2D eigenvalue weighted by Crippen LogP contribution is 2.15. The maximum Gasteiger partial charge on any atom is 0.273 e. The number of hydrogen-bond donors (Lipinski definition) is 3. The molecule has 0 atom stereocenters. The minimum absolute atomic E-state index is 0.0152. The average molecular weight is 446 g/mol. The Bertz CT molecular complexity index is 1220. The van der Waals surface area contributed by atoms with Crippen LogP contribution < -0.4 is 16.0 Å². The zero-order valence-electron chi connectivity index (χ0n) is 16.0. The molecule has 0 spiro atoms. The van der Waals surface area contributed by atoms with Crippen molar-refractivity contribution >= 4 is 33.4 Å². The minimum atomic E-state index is -3.79. The number of H-pyrrole nitrogens is 1. The molecule has 0 unspecified atom stereocenters. The Kier molecular flexibility index (Phi) is 6.65. The number of anilines is 1. The average Bonchev–Trinajstić information content (AvgIpc) is 2.69. The summed E-state index contributed by atoms with van der Waals surface area (Å²) in [5, 5.41) is 15.9. The van der Waals surface area contributed by atoms with E-state index in [1.165, 1.54) is 24.3 Å². The van der Waals surface area contributed by atoms with Crippen molar-refractivity contribution in [3.63, 3.8) is 0 Å². The first-order chi connectivity index (χ1) is 14.2. The highest BCUT2D eigenvalue weighted by Gasteiger charge is 2.11. The lowest BCUT2D eigenvalue weighted by molar-refractivity contribution is -0.113. The number of primary sulfonamides is 1. The van der Waals surface area contributed by atoms with Gasteiger partial charge in [0.25, 0.3) is 5.56 Å². The Morgan fingerprint density at radius 3 is 2.47 bits per heavy atom. The number of aromatic amines is 1. The smallest absolute Gasteiger partial charge is 0.273 e. The molecule has 0 aliphatic heterocycles. The van der Waals surface area contributed by atoms with Gasteiger partial charge in [0, 0.05) is 12.1 Å². The third kappa shape index (κ3) is 5.75. The summed E-state index contributed by atoms with van der Waals surface area (Å²) in [6.07, 6.45) is 0.370.